The van der Waals surface area contributed by atoms with Crippen molar-refractivity contribution in [3.8, 4) is 5.75 Å². The Bertz CT molecular complexity index is 856. The van der Waals surface area contributed by atoms with Crippen LogP contribution in [0.4, 0.5) is 0 Å². The van der Waals surface area contributed by atoms with Crippen LogP contribution in [0, 0.1) is 6.92 Å². The molecule has 2 aliphatic rings. The van der Waals surface area contributed by atoms with Gasteiger partial charge >= 0.3 is 0 Å². The largest absolute Gasteiger partial charge is 0.492 e. The lowest BCUT2D eigenvalue weighted by Gasteiger charge is -2.18. The average Bonchev–Trinajstić information content (AvgIpc) is 3.16. The fourth-order valence-corrected chi connectivity index (χ4v) is 3.99. The smallest absolute Gasteiger partial charge is 0.170 e. The number of nitrogens with zero attached hydrogens (tertiary/aromatic N) is 1. The summed E-state index contributed by atoms with van der Waals surface area (Å²) < 4.78 is 5.49. The fourth-order valence-electron chi connectivity index (χ4n) is 3.99. The van der Waals surface area contributed by atoms with Gasteiger partial charge in [0.05, 0.1) is 12.2 Å². The predicted molar refractivity (Wildman–Crippen MR) is 105 cm³/mol. The average molecular weight is 363 g/mol. The first kappa shape index (κ1) is 17.9. The van der Waals surface area contributed by atoms with Crippen LogP contribution in [0.1, 0.15) is 57.0 Å². The molecular formula is C23H25NO3. The van der Waals surface area contributed by atoms with E-state index in [9.17, 15) is 9.59 Å². The Morgan fingerprint density at radius 3 is 2.81 bits per heavy atom. The summed E-state index contributed by atoms with van der Waals surface area (Å²) >= 11 is 0. The van der Waals surface area contributed by atoms with Crippen LogP contribution in [0.15, 0.2) is 42.5 Å². The molecular weight excluding hydrogens is 338 g/mol. The van der Waals surface area contributed by atoms with Crippen LogP contribution in [0.5, 0.6) is 5.75 Å². The summed E-state index contributed by atoms with van der Waals surface area (Å²) in [5, 5.41) is 0. The quantitative estimate of drug-likeness (QED) is 0.753. The second-order valence-corrected chi connectivity index (χ2v) is 7.60. The minimum absolute atomic E-state index is 0.0615. The van der Waals surface area contributed by atoms with E-state index in [2.05, 4.69) is 36.1 Å². The Balaban J connectivity index is 1.34. The Morgan fingerprint density at radius 1 is 1.19 bits per heavy atom. The molecule has 2 aromatic rings. The van der Waals surface area contributed by atoms with Gasteiger partial charge in [-0.2, -0.15) is 0 Å². The minimum atomic E-state index is 0.0615. The SMILES string of the molecule is Cc1ccc(C2CCN(CCC(=O)c3ccc4c(c3)C(=O)CCO4)C2)cc1. The van der Waals surface area contributed by atoms with Gasteiger partial charge in [-0.25, -0.2) is 0 Å². The van der Waals surface area contributed by atoms with Crippen LogP contribution in [0.3, 0.4) is 0 Å². The van der Waals surface area contributed by atoms with E-state index in [1.165, 1.54) is 11.1 Å². The normalized spacial score (nSPS) is 19.6. The molecule has 2 aromatic carbocycles. The summed E-state index contributed by atoms with van der Waals surface area (Å²) in [6.45, 7) is 5.34. The second-order valence-electron chi connectivity index (χ2n) is 7.60. The van der Waals surface area contributed by atoms with E-state index in [0.717, 1.165) is 26.1 Å². The minimum Gasteiger partial charge on any atom is -0.492 e. The van der Waals surface area contributed by atoms with Gasteiger partial charge < -0.3 is 9.64 Å². The van der Waals surface area contributed by atoms with Gasteiger partial charge in [-0.15, -0.1) is 0 Å². The zero-order valence-corrected chi connectivity index (χ0v) is 15.7. The van der Waals surface area contributed by atoms with Crippen molar-refractivity contribution in [1.82, 2.24) is 4.90 Å². The van der Waals surface area contributed by atoms with Crippen LogP contribution in [-0.2, 0) is 0 Å². The summed E-state index contributed by atoms with van der Waals surface area (Å²) in [7, 11) is 0. The molecule has 4 rings (SSSR count). The van der Waals surface area contributed by atoms with E-state index < -0.39 is 0 Å². The highest BCUT2D eigenvalue weighted by atomic mass is 16.5. The van der Waals surface area contributed by atoms with Crippen LogP contribution in [0.2, 0.25) is 0 Å². The third-order valence-corrected chi connectivity index (χ3v) is 5.66. The Kier molecular flexibility index (Phi) is 5.08. The molecule has 1 atom stereocenters. The fraction of sp³-hybridized carbons (Fsp3) is 0.391. The van der Waals surface area contributed by atoms with E-state index in [-0.39, 0.29) is 11.6 Å². The Morgan fingerprint density at radius 2 is 2.00 bits per heavy atom. The lowest BCUT2D eigenvalue weighted by atomic mass is 9.97. The van der Waals surface area contributed by atoms with Gasteiger partial charge in [0.1, 0.15) is 5.75 Å². The first-order chi connectivity index (χ1) is 13.1. The number of rotatable bonds is 5. The zero-order valence-electron chi connectivity index (χ0n) is 15.7. The number of hydrogen-bond acceptors (Lipinski definition) is 4. The third kappa shape index (κ3) is 3.96. The van der Waals surface area contributed by atoms with Crippen molar-refractivity contribution in [3.05, 3.63) is 64.7 Å². The second kappa shape index (κ2) is 7.65. The lowest BCUT2D eigenvalue weighted by molar-refractivity contribution is 0.0933. The molecule has 1 fully saturated rings. The molecule has 0 bridgehead atoms. The van der Waals surface area contributed by atoms with Gasteiger partial charge in [0.15, 0.2) is 11.6 Å². The molecule has 1 unspecified atom stereocenters. The highest BCUT2D eigenvalue weighted by molar-refractivity contribution is 6.03. The molecule has 140 valence electrons. The number of aryl methyl sites for hydroxylation is 1. The molecule has 4 heteroatoms. The maximum Gasteiger partial charge on any atom is 0.170 e. The first-order valence-electron chi connectivity index (χ1n) is 9.72. The van der Waals surface area contributed by atoms with Crippen molar-refractivity contribution in [3.63, 3.8) is 0 Å². The maximum atomic E-state index is 12.6. The molecule has 4 nitrogen and oxygen atoms in total. The standard InChI is InChI=1S/C23H25NO3/c1-16-2-4-17(5-3-16)19-8-11-24(15-19)12-9-21(25)18-6-7-23-20(14-18)22(26)10-13-27-23/h2-7,14,19H,8-13,15H2,1H3. The van der Waals surface area contributed by atoms with E-state index in [0.29, 0.717) is 42.2 Å². The van der Waals surface area contributed by atoms with Gasteiger partial charge in [-0.1, -0.05) is 29.8 Å². The van der Waals surface area contributed by atoms with E-state index in [1.54, 1.807) is 18.2 Å². The number of likely N-dealkylation sites (tertiary alicyclic amines) is 1. The van der Waals surface area contributed by atoms with Crippen molar-refractivity contribution in [1.29, 1.82) is 0 Å². The molecule has 2 aliphatic heterocycles. The number of Topliss-reactive ketones (excluding diaryl/α,β-unsaturated/α-hetero) is 2. The molecule has 0 amide bonds. The molecule has 0 aliphatic carbocycles. The molecule has 0 spiro atoms. The topological polar surface area (TPSA) is 46.6 Å². The Hall–Kier alpha value is -2.46. The van der Waals surface area contributed by atoms with Crippen LogP contribution in [0.25, 0.3) is 0 Å². The van der Waals surface area contributed by atoms with Gasteiger partial charge in [-0.3, -0.25) is 9.59 Å². The molecule has 27 heavy (non-hydrogen) atoms. The van der Waals surface area contributed by atoms with E-state index >= 15 is 0 Å². The maximum absolute atomic E-state index is 12.6. The van der Waals surface area contributed by atoms with Gasteiger partial charge in [0, 0.05) is 31.5 Å². The molecule has 0 aromatic heterocycles. The molecule has 0 saturated carbocycles. The zero-order chi connectivity index (χ0) is 18.8. The van der Waals surface area contributed by atoms with Crippen molar-refractivity contribution in [2.75, 3.05) is 26.2 Å². The first-order valence-corrected chi connectivity index (χ1v) is 9.72. The van der Waals surface area contributed by atoms with Crippen molar-refractivity contribution >= 4 is 11.6 Å². The van der Waals surface area contributed by atoms with Crippen LogP contribution < -0.4 is 4.74 Å². The molecule has 0 N–H and O–H groups in total. The van der Waals surface area contributed by atoms with Crippen molar-refractivity contribution < 1.29 is 14.3 Å². The summed E-state index contributed by atoms with van der Waals surface area (Å²) in [5.41, 5.74) is 3.84. The number of hydrogen-bond donors (Lipinski definition) is 0. The Labute approximate surface area is 160 Å². The lowest BCUT2D eigenvalue weighted by Crippen LogP contribution is -2.24. The predicted octanol–water partition coefficient (Wildman–Crippen LogP) is 4.02. The van der Waals surface area contributed by atoms with Gasteiger partial charge in [-0.05, 0) is 49.6 Å². The number of carbonyl (C=O) groups excluding carboxylic acids is 2. The number of benzene rings is 2. The van der Waals surface area contributed by atoms with E-state index in [4.69, 9.17) is 4.74 Å². The van der Waals surface area contributed by atoms with Crippen LogP contribution >= 0.6 is 0 Å². The summed E-state index contributed by atoms with van der Waals surface area (Å²) in [6.07, 6.45) is 2.01. The van der Waals surface area contributed by atoms with E-state index in [1.807, 2.05) is 0 Å². The number of ether oxygens (including phenoxy) is 1. The van der Waals surface area contributed by atoms with Gasteiger partial charge in [0.2, 0.25) is 0 Å². The highest BCUT2D eigenvalue weighted by Gasteiger charge is 2.25. The van der Waals surface area contributed by atoms with Crippen LogP contribution in [-0.4, -0.2) is 42.7 Å². The van der Waals surface area contributed by atoms with Crippen molar-refractivity contribution in [2.45, 2.75) is 32.1 Å². The number of carbonyl (C=O) groups is 2. The number of fused-ring (bicyclic) bond motifs is 1. The molecule has 2 heterocycles. The van der Waals surface area contributed by atoms with Gasteiger partial charge in [0.25, 0.3) is 0 Å². The van der Waals surface area contributed by atoms with Crippen molar-refractivity contribution in [2.24, 2.45) is 0 Å². The summed E-state index contributed by atoms with van der Waals surface area (Å²) in [5.74, 6) is 1.31. The number of ketones is 2. The summed E-state index contributed by atoms with van der Waals surface area (Å²) in [6, 6.07) is 14.0. The molecule has 1 saturated heterocycles. The monoisotopic (exact) mass is 363 g/mol. The molecule has 0 radical (unpaired) electrons. The third-order valence-electron chi connectivity index (χ3n) is 5.66. The highest BCUT2D eigenvalue weighted by Crippen LogP contribution is 2.28. The summed E-state index contributed by atoms with van der Waals surface area (Å²) in [4.78, 5) is 27.0.